The smallest absolute Gasteiger partial charge is 0.264 e. The number of nitrogens with one attached hydrogen (secondary N) is 1. The van der Waals surface area contributed by atoms with E-state index in [2.05, 4.69) is 10.5 Å². The molecule has 1 aromatic heterocycles. The third-order valence-corrected chi connectivity index (χ3v) is 8.53. The van der Waals surface area contributed by atoms with Gasteiger partial charge in [-0.2, -0.15) is 5.10 Å². The quantitative estimate of drug-likeness (QED) is 0.200. The second-order valence-electron chi connectivity index (χ2n) is 8.58. The maximum Gasteiger partial charge on any atom is 0.264 e. The second kappa shape index (κ2) is 11.9. The van der Waals surface area contributed by atoms with E-state index in [-0.39, 0.29) is 4.90 Å². The average Bonchev–Trinajstić information content (AvgIpc) is 3.21. The van der Waals surface area contributed by atoms with Crippen LogP contribution in [0.1, 0.15) is 17.0 Å². The molecule has 4 rings (SSSR count). The van der Waals surface area contributed by atoms with Gasteiger partial charge in [0.1, 0.15) is 12.3 Å². The lowest BCUT2D eigenvalue weighted by Crippen LogP contribution is -2.39. The van der Waals surface area contributed by atoms with E-state index in [9.17, 15) is 13.2 Å². The molecule has 0 fully saturated rings. The first kappa shape index (κ1) is 28.2. The highest BCUT2D eigenvalue weighted by atomic mass is 35.5. The van der Waals surface area contributed by atoms with E-state index in [1.165, 1.54) is 25.5 Å². The van der Waals surface area contributed by atoms with Crippen molar-refractivity contribution < 1.29 is 17.9 Å². The van der Waals surface area contributed by atoms with E-state index in [0.717, 1.165) is 26.9 Å². The molecule has 39 heavy (non-hydrogen) atoms. The average molecular weight is 586 g/mol. The topological polar surface area (TPSA) is 93.0 Å². The van der Waals surface area contributed by atoms with E-state index in [0.29, 0.717) is 21.5 Å². The molecule has 8 nitrogen and oxygen atoms in total. The molecule has 0 aliphatic heterocycles. The molecule has 11 heteroatoms. The lowest BCUT2D eigenvalue weighted by atomic mass is 10.2. The number of hydrogen-bond acceptors (Lipinski definition) is 5. The number of anilines is 1. The summed E-state index contributed by atoms with van der Waals surface area (Å²) in [5, 5.41) is 4.99. The van der Waals surface area contributed by atoms with Crippen LogP contribution in [0.3, 0.4) is 0 Å². The van der Waals surface area contributed by atoms with E-state index in [1.807, 2.05) is 30.5 Å². The van der Waals surface area contributed by atoms with Gasteiger partial charge in [-0.1, -0.05) is 41.4 Å². The minimum Gasteiger partial charge on any atom is -0.497 e. The fraction of sp³-hybridized carbons (Fsp3) is 0.143. The molecule has 0 radical (unpaired) electrons. The van der Waals surface area contributed by atoms with E-state index in [4.69, 9.17) is 27.9 Å². The van der Waals surface area contributed by atoms with Gasteiger partial charge in [-0.05, 0) is 74.5 Å². The molecule has 3 aromatic carbocycles. The number of rotatable bonds is 9. The molecule has 0 unspecified atom stereocenters. The zero-order valence-electron chi connectivity index (χ0n) is 21.4. The number of hydrogen-bond donors (Lipinski definition) is 1. The fourth-order valence-electron chi connectivity index (χ4n) is 4.06. The summed E-state index contributed by atoms with van der Waals surface area (Å²) < 4.78 is 35.1. The lowest BCUT2D eigenvalue weighted by Gasteiger charge is -2.23. The normalized spacial score (nSPS) is 11.5. The number of carbonyl (C=O) groups excluding carboxylic acids is 1. The van der Waals surface area contributed by atoms with Crippen LogP contribution in [0.25, 0.3) is 5.69 Å². The monoisotopic (exact) mass is 584 g/mol. The number of aromatic nitrogens is 1. The van der Waals surface area contributed by atoms with Gasteiger partial charge in [0.05, 0.1) is 34.0 Å². The van der Waals surface area contributed by atoms with Crippen LogP contribution in [0.15, 0.2) is 88.9 Å². The summed E-state index contributed by atoms with van der Waals surface area (Å²) in [7, 11) is -2.56. The van der Waals surface area contributed by atoms with Crippen LogP contribution in [-0.4, -0.2) is 38.8 Å². The number of hydrazone groups is 1. The van der Waals surface area contributed by atoms with Crippen molar-refractivity contribution in [3.05, 3.63) is 106 Å². The summed E-state index contributed by atoms with van der Waals surface area (Å²) >= 11 is 12.2. The minimum absolute atomic E-state index is 0.0261. The van der Waals surface area contributed by atoms with Crippen LogP contribution in [0.2, 0.25) is 10.0 Å². The minimum atomic E-state index is -4.06. The highest BCUT2D eigenvalue weighted by Crippen LogP contribution is 2.28. The molecule has 202 valence electrons. The number of nitrogens with zero attached hydrogens (tertiary/aromatic N) is 3. The Balaban J connectivity index is 1.53. The van der Waals surface area contributed by atoms with Gasteiger partial charge in [0, 0.05) is 22.6 Å². The molecular formula is C28H26Cl2N4O4S. The van der Waals surface area contributed by atoms with Gasteiger partial charge in [-0.3, -0.25) is 9.10 Å². The van der Waals surface area contributed by atoms with Gasteiger partial charge in [0.25, 0.3) is 15.9 Å². The maximum atomic E-state index is 13.5. The molecule has 0 aliphatic carbocycles. The number of carbonyl (C=O) groups is 1. The van der Waals surface area contributed by atoms with Crippen molar-refractivity contribution in [2.45, 2.75) is 18.7 Å². The van der Waals surface area contributed by atoms with Crippen LogP contribution in [0, 0.1) is 13.8 Å². The molecule has 0 aliphatic rings. The Morgan fingerprint density at radius 2 is 1.69 bits per heavy atom. The molecule has 0 saturated carbocycles. The SMILES string of the molecule is COc1ccc(S(=O)(=O)N(CC(=O)N/N=C\c2cc(C)n(-c3ccc(Cl)c(Cl)c3)c2C)c2ccccc2)cc1. The molecule has 0 spiro atoms. The van der Waals surface area contributed by atoms with Crippen LogP contribution in [-0.2, 0) is 14.8 Å². The largest absolute Gasteiger partial charge is 0.497 e. The van der Waals surface area contributed by atoms with Gasteiger partial charge in [-0.25, -0.2) is 13.8 Å². The summed E-state index contributed by atoms with van der Waals surface area (Å²) in [5.74, 6) is -0.0868. The number of sulfonamides is 1. The van der Waals surface area contributed by atoms with E-state index in [1.54, 1.807) is 54.6 Å². The van der Waals surface area contributed by atoms with Crippen molar-refractivity contribution in [2.75, 3.05) is 18.0 Å². The first-order valence-electron chi connectivity index (χ1n) is 11.8. The van der Waals surface area contributed by atoms with Crippen molar-refractivity contribution in [3.63, 3.8) is 0 Å². The Bertz CT molecular complexity index is 1620. The van der Waals surface area contributed by atoms with Crippen LogP contribution < -0.4 is 14.5 Å². The van der Waals surface area contributed by atoms with Crippen LogP contribution >= 0.6 is 23.2 Å². The highest BCUT2D eigenvalue weighted by Gasteiger charge is 2.27. The van der Waals surface area contributed by atoms with Crippen molar-refractivity contribution in [3.8, 4) is 11.4 Å². The molecule has 0 atom stereocenters. The van der Waals surface area contributed by atoms with Gasteiger partial charge in [0.15, 0.2) is 0 Å². The Labute approximate surface area is 237 Å². The number of halogens is 2. The molecule has 4 aromatic rings. The first-order chi connectivity index (χ1) is 18.6. The summed E-state index contributed by atoms with van der Waals surface area (Å²) in [5.41, 5.74) is 6.20. The van der Waals surface area contributed by atoms with Crippen LogP contribution in [0.5, 0.6) is 5.75 Å². The number of aryl methyl sites for hydroxylation is 1. The van der Waals surface area contributed by atoms with Crippen LogP contribution in [0.4, 0.5) is 5.69 Å². The third-order valence-electron chi connectivity index (χ3n) is 6.00. The summed E-state index contributed by atoms with van der Waals surface area (Å²) in [6.45, 7) is 3.38. The van der Waals surface area contributed by atoms with Gasteiger partial charge in [-0.15, -0.1) is 0 Å². The number of benzene rings is 3. The predicted molar refractivity (Wildman–Crippen MR) is 155 cm³/mol. The number of ether oxygens (including phenoxy) is 1. The van der Waals surface area contributed by atoms with Gasteiger partial charge in [0.2, 0.25) is 0 Å². The predicted octanol–water partition coefficient (Wildman–Crippen LogP) is 5.76. The molecule has 1 N–H and O–H groups in total. The Hall–Kier alpha value is -3.79. The molecule has 1 amide bonds. The Morgan fingerprint density at radius 3 is 2.33 bits per heavy atom. The highest BCUT2D eigenvalue weighted by molar-refractivity contribution is 7.92. The molecule has 0 saturated heterocycles. The van der Waals surface area contributed by atoms with Crippen molar-refractivity contribution in [1.82, 2.24) is 9.99 Å². The van der Waals surface area contributed by atoms with Gasteiger partial charge < -0.3 is 9.30 Å². The zero-order chi connectivity index (χ0) is 28.2. The second-order valence-corrected chi connectivity index (χ2v) is 11.3. The summed E-state index contributed by atoms with van der Waals surface area (Å²) in [4.78, 5) is 12.9. The third kappa shape index (κ3) is 6.27. The van der Waals surface area contributed by atoms with Crippen molar-refractivity contribution >= 4 is 51.0 Å². The maximum absolute atomic E-state index is 13.5. The molecule has 1 heterocycles. The zero-order valence-corrected chi connectivity index (χ0v) is 23.8. The fourth-order valence-corrected chi connectivity index (χ4v) is 5.78. The number of para-hydroxylation sites is 1. The lowest BCUT2D eigenvalue weighted by molar-refractivity contribution is -0.119. The standard InChI is InChI=1S/C28H26Cl2N4O4S/c1-19-15-21(20(2)34(19)23-9-14-26(29)27(30)16-23)17-31-32-28(35)18-33(22-7-5-4-6-8-22)39(36,37)25-12-10-24(38-3)11-13-25/h4-17H,18H2,1-3H3,(H,32,35)/b31-17-. The van der Waals surface area contributed by atoms with Crippen molar-refractivity contribution in [2.24, 2.45) is 5.10 Å². The summed E-state index contributed by atoms with van der Waals surface area (Å²) in [6.07, 6.45) is 1.51. The molecular weight excluding hydrogens is 559 g/mol. The van der Waals surface area contributed by atoms with Gasteiger partial charge >= 0.3 is 0 Å². The summed E-state index contributed by atoms with van der Waals surface area (Å²) in [6, 6.07) is 21.6. The first-order valence-corrected chi connectivity index (χ1v) is 14.0. The number of methoxy groups -OCH3 is 1. The Kier molecular flexibility index (Phi) is 8.64. The van der Waals surface area contributed by atoms with E-state index < -0.39 is 22.5 Å². The molecule has 0 bridgehead atoms. The van der Waals surface area contributed by atoms with Crippen molar-refractivity contribution in [1.29, 1.82) is 0 Å². The Morgan fingerprint density at radius 1 is 1.00 bits per heavy atom. The number of amides is 1. The van der Waals surface area contributed by atoms with E-state index >= 15 is 0 Å².